The largest absolute Gasteiger partial charge is 0.343 e. The van der Waals surface area contributed by atoms with E-state index in [4.69, 9.17) is 0 Å². The Bertz CT molecular complexity index is 379. The predicted molar refractivity (Wildman–Crippen MR) is 49.4 cm³/mol. The minimum absolute atomic E-state index is 0.0333. The van der Waals surface area contributed by atoms with Gasteiger partial charge in [-0.05, 0) is 5.57 Å². The van der Waals surface area contributed by atoms with Gasteiger partial charge in [-0.25, -0.2) is 4.39 Å². The zero-order valence-electron chi connectivity index (χ0n) is 7.43. The van der Waals surface area contributed by atoms with E-state index in [0.717, 1.165) is 0 Å². The van der Waals surface area contributed by atoms with Gasteiger partial charge in [-0.2, -0.15) is 4.98 Å². The lowest BCUT2D eigenvalue weighted by Gasteiger charge is -1.98. The molecule has 1 heterocycles. The van der Waals surface area contributed by atoms with E-state index >= 15 is 0 Å². The van der Waals surface area contributed by atoms with Crippen LogP contribution in [0.5, 0.6) is 0 Å². The molecule has 1 aliphatic carbocycles. The molecule has 2 rings (SSSR count). The lowest BCUT2D eigenvalue weighted by Crippen LogP contribution is -1.93. The predicted octanol–water partition coefficient (Wildman–Crippen LogP) is 2.18. The second-order valence-electron chi connectivity index (χ2n) is 2.93. The normalized spacial score (nSPS) is 20.6. The Balaban J connectivity index is 2.20. The summed E-state index contributed by atoms with van der Waals surface area (Å²) < 4.78 is 17.0. The van der Waals surface area contributed by atoms with E-state index in [1.807, 2.05) is 12.2 Å². The van der Waals surface area contributed by atoms with Crippen molar-refractivity contribution < 1.29 is 8.91 Å². The SMILES string of the molecule is FCC1=CC=CC(c2ncon2)C=C1. The minimum atomic E-state index is -0.459. The summed E-state index contributed by atoms with van der Waals surface area (Å²) in [4.78, 5) is 3.94. The van der Waals surface area contributed by atoms with Crippen LogP contribution in [0.25, 0.3) is 0 Å². The van der Waals surface area contributed by atoms with Gasteiger partial charge in [0.05, 0.1) is 5.92 Å². The maximum atomic E-state index is 12.3. The van der Waals surface area contributed by atoms with Crippen molar-refractivity contribution >= 4 is 0 Å². The Kier molecular flexibility index (Phi) is 2.53. The molecule has 1 aromatic rings. The van der Waals surface area contributed by atoms with Gasteiger partial charge in [-0.15, -0.1) is 0 Å². The highest BCUT2D eigenvalue weighted by molar-refractivity contribution is 5.32. The third-order valence-corrected chi connectivity index (χ3v) is 1.98. The molecule has 1 aromatic heterocycles. The Labute approximate surface area is 80.6 Å². The Morgan fingerprint density at radius 3 is 3.07 bits per heavy atom. The van der Waals surface area contributed by atoms with Crippen LogP contribution in [0, 0.1) is 0 Å². The number of allylic oxidation sites excluding steroid dienone is 6. The van der Waals surface area contributed by atoms with Gasteiger partial charge in [0, 0.05) is 0 Å². The topological polar surface area (TPSA) is 38.9 Å². The van der Waals surface area contributed by atoms with Crippen LogP contribution in [0.3, 0.4) is 0 Å². The van der Waals surface area contributed by atoms with Gasteiger partial charge in [-0.3, -0.25) is 0 Å². The molecule has 0 amide bonds. The molecule has 0 bridgehead atoms. The molecule has 1 aliphatic rings. The molecule has 0 aromatic carbocycles. The quantitative estimate of drug-likeness (QED) is 0.720. The third-order valence-electron chi connectivity index (χ3n) is 1.98. The lowest BCUT2D eigenvalue weighted by molar-refractivity contribution is 0.410. The van der Waals surface area contributed by atoms with Gasteiger partial charge >= 0.3 is 0 Å². The first-order chi connectivity index (χ1) is 6.90. The van der Waals surface area contributed by atoms with Crippen LogP contribution in [0.4, 0.5) is 4.39 Å². The number of nitrogens with zero attached hydrogens (tertiary/aromatic N) is 2. The second-order valence-corrected chi connectivity index (χ2v) is 2.93. The van der Waals surface area contributed by atoms with E-state index in [1.54, 1.807) is 18.2 Å². The summed E-state index contributed by atoms with van der Waals surface area (Å²) in [6.45, 7) is -0.459. The van der Waals surface area contributed by atoms with Crippen LogP contribution in [0.1, 0.15) is 11.7 Å². The van der Waals surface area contributed by atoms with Gasteiger partial charge < -0.3 is 4.52 Å². The van der Waals surface area contributed by atoms with E-state index in [0.29, 0.717) is 11.4 Å². The molecule has 0 radical (unpaired) electrons. The van der Waals surface area contributed by atoms with Gasteiger partial charge in [0.25, 0.3) is 0 Å². The molecule has 0 saturated carbocycles. The summed E-state index contributed by atoms with van der Waals surface area (Å²) in [6, 6.07) is 0. The highest BCUT2D eigenvalue weighted by Crippen LogP contribution is 2.18. The third kappa shape index (κ3) is 1.79. The number of halogens is 1. The molecule has 1 unspecified atom stereocenters. The molecule has 3 nitrogen and oxygen atoms in total. The van der Waals surface area contributed by atoms with Crippen LogP contribution < -0.4 is 0 Å². The van der Waals surface area contributed by atoms with Gasteiger partial charge in [0.1, 0.15) is 6.67 Å². The second kappa shape index (κ2) is 4.00. The maximum Gasteiger partial charge on any atom is 0.213 e. The number of hydrogen-bond donors (Lipinski definition) is 0. The van der Waals surface area contributed by atoms with Gasteiger partial charge in [0.2, 0.25) is 6.39 Å². The molecule has 1 atom stereocenters. The zero-order chi connectivity index (χ0) is 9.80. The summed E-state index contributed by atoms with van der Waals surface area (Å²) in [5, 5.41) is 3.73. The monoisotopic (exact) mass is 192 g/mol. The van der Waals surface area contributed by atoms with Crippen molar-refractivity contribution in [3.05, 3.63) is 48.2 Å². The first kappa shape index (κ1) is 8.87. The van der Waals surface area contributed by atoms with Crippen LogP contribution in [0.2, 0.25) is 0 Å². The summed E-state index contributed by atoms with van der Waals surface area (Å²) >= 11 is 0. The Hall–Kier alpha value is -1.71. The van der Waals surface area contributed by atoms with Crippen LogP contribution in [0.15, 0.2) is 46.9 Å². The maximum absolute atomic E-state index is 12.3. The summed E-state index contributed by atoms with van der Waals surface area (Å²) in [7, 11) is 0. The molecular weight excluding hydrogens is 183 g/mol. The van der Waals surface area contributed by atoms with E-state index < -0.39 is 6.67 Å². The average Bonchev–Trinajstić information content (AvgIpc) is 2.63. The van der Waals surface area contributed by atoms with E-state index in [2.05, 4.69) is 14.7 Å². The highest BCUT2D eigenvalue weighted by Gasteiger charge is 2.10. The standard InChI is InChI=1S/C10H9FN2O/c11-6-8-2-1-3-9(5-4-8)10-12-7-14-13-10/h1-5,7,9H,6H2. The van der Waals surface area contributed by atoms with E-state index in [1.165, 1.54) is 6.39 Å². The summed E-state index contributed by atoms with van der Waals surface area (Å²) in [6.07, 6.45) is 10.3. The number of aromatic nitrogens is 2. The highest BCUT2D eigenvalue weighted by atomic mass is 19.1. The zero-order valence-corrected chi connectivity index (χ0v) is 7.43. The van der Waals surface area contributed by atoms with Gasteiger partial charge in [0.15, 0.2) is 5.82 Å². The lowest BCUT2D eigenvalue weighted by atomic mass is 10.1. The van der Waals surface area contributed by atoms with Crippen molar-refractivity contribution in [1.29, 1.82) is 0 Å². The summed E-state index contributed by atoms with van der Waals surface area (Å²) in [5.41, 5.74) is 0.646. The van der Waals surface area contributed by atoms with Crippen LogP contribution in [-0.2, 0) is 0 Å². The molecule has 72 valence electrons. The van der Waals surface area contributed by atoms with Gasteiger partial charge in [-0.1, -0.05) is 35.5 Å². The fourth-order valence-electron chi connectivity index (χ4n) is 1.23. The van der Waals surface area contributed by atoms with Crippen molar-refractivity contribution in [3.63, 3.8) is 0 Å². The Morgan fingerprint density at radius 2 is 2.36 bits per heavy atom. The van der Waals surface area contributed by atoms with Crippen molar-refractivity contribution in [2.45, 2.75) is 5.92 Å². The van der Waals surface area contributed by atoms with Crippen LogP contribution in [-0.4, -0.2) is 16.8 Å². The van der Waals surface area contributed by atoms with Crippen LogP contribution >= 0.6 is 0 Å². The number of hydrogen-bond acceptors (Lipinski definition) is 3. The smallest absolute Gasteiger partial charge is 0.213 e. The average molecular weight is 192 g/mol. The Morgan fingerprint density at radius 1 is 1.43 bits per heavy atom. The molecule has 0 spiro atoms. The minimum Gasteiger partial charge on any atom is -0.343 e. The molecule has 0 N–H and O–H groups in total. The first-order valence-electron chi connectivity index (χ1n) is 4.28. The van der Waals surface area contributed by atoms with Crippen molar-refractivity contribution in [1.82, 2.24) is 10.1 Å². The fourth-order valence-corrected chi connectivity index (χ4v) is 1.23. The van der Waals surface area contributed by atoms with Crippen molar-refractivity contribution in [2.24, 2.45) is 0 Å². The fraction of sp³-hybridized carbons (Fsp3) is 0.200. The van der Waals surface area contributed by atoms with E-state index in [9.17, 15) is 4.39 Å². The first-order valence-corrected chi connectivity index (χ1v) is 4.28. The molecule has 0 aliphatic heterocycles. The number of rotatable bonds is 2. The number of alkyl halides is 1. The van der Waals surface area contributed by atoms with Crippen molar-refractivity contribution in [2.75, 3.05) is 6.67 Å². The summed E-state index contributed by atoms with van der Waals surface area (Å²) in [5.74, 6) is 0.556. The molecule has 0 saturated heterocycles. The molecule has 14 heavy (non-hydrogen) atoms. The molecule has 4 heteroatoms. The molecular formula is C10H9FN2O. The van der Waals surface area contributed by atoms with E-state index in [-0.39, 0.29) is 5.92 Å². The molecule has 0 fully saturated rings. The van der Waals surface area contributed by atoms with Crippen molar-refractivity contribution in [3.8, 4) is 0 Å².